The van der Waals surface area contributed by atoms with Crippen LogP contribution in [0.3, 0.4) is 0 Å². The van der Waals surface area contributed by atoms with Gasteiger partial charge in [0.2, 0.25) is 11.8 Å². The minimum Gasteiger partial charge on any atom is -0.368 e. The van der Waals surface area contributed by atoms with Gasteiger partial charge in [-0.25, -0.2) is 4.98 Å². The van der Waals surface area contributed by atoms with E-state index in [-0.39, 0.29) is 30.2 Å². The van der Waals surface area contributed by atoms with Crippen molar-refractivity contribution in [2.75, 3.05) is 37.6 Å². The molecule has 3 aromatic rings. The second-order valence-electron chi connectivity index (χ2n) is 8.74. The fourth-order valence-corrected chi connectivity index (χ4v) is 5.97. The molecular weight excluding hydrogens is 468 g/mol. The highest BCUT2D eigenvalue weighted by Crippen LogP contribution is 2.38. The molecule has 1 fully saturated rings. The molecule has 5 rings (SSSR count). The number of hydrogen-bond acceptors (Lipinski definition) is 5. The Kier molecular flexibility index (Phi) is 6.83. The lowest BCUT2D eigenvalue weighted by Gasteiger charge is -2.36. The molecule has 176 valence electrons. The summed E-state index contributed by atoms with van der Waals surface area (Å²) in [6.07, 6.45) is 5.65. The number of amides is 2. The number of carbonyl (C=O) groups is 2. The van der Waals surface area contributed by atoms with Crippen molar-refractivity contribution in [3.8, 4) is 0 Å². The van der Waals surface area contributed by atoms with Crippen LogP contribution in [0.2, 0.25) is 5.02 Å². The molecule has 1 aromatic heterocycles. The Bertz CT molecular complexity index is 1170. The molecule has 1 N–H and O–H groups in total. The van der Waals surface area contributed by atoms with E-state index in [0.29, 0.717) is 24.5 Å². The van der Waals surface area contributed by atoms with Gasteiger partial charge in [-0.2, -0.15) is 0 Å². The summed E-state index contributed by atoms with van der Waals surface area (Å²) in [5.41, 5.74) is 2.08. The molecule has 1 aliphatic carbocycles. The number of allylic oxidation sites excluding steroid dienone is 2. The number of piperazine rings is 1. The quantitative estimate of drug-likeness (QED) is 0.532. The third-order valence-corrected chi connectivity index (χ3v) is 8.06. The largest absolute Gasteiger partial charge is 0.368 e. The van der Waals surface area contributed by atoms with Crippen LogP contribution < -0.4 is 10.2 Å². The molecule has 1 saturated heterocycles. The highest BCUT2D eigenvalue weighted by atomic mass is 35.5. The number of anilines is 1. The van der Waals surface area contributed by atoms with Gasteiger partial charge >= 0.3 is 0 Å². The summed E-state index contributed by atoms with van der Waals surface area (Å²) in [6.45, 7) is 2.82. The molecule has 2 unspecified atom stereocenters. The lowest BCUT2D eigenvalue weighted by molar-refractivity contribution is -0.134. The van der Waals surface area contributed by atoms with Gasteiger partial charge in [0.05, 0.1) is 27.7 Å². The summed E-state index contributed by atoms with van der Waals surface area (Å²) < 4.78 is 1.14. The summed E-state index contributed by atoms with van der Waals surface area (Å²) in [6, 6.07) is 15.8. The number of thiazole rings is 1. The first-order valence-electron chi connectivity index (χ1n) is 11.6. The van der Waals surface area contributed by atoms with Gasteiger partial charge in [-0.3, -0.25) is 9.59 Å². The smallest absolute Gasteiger partial charge is 0.242 e. The Morgan fingerprint density at radius 2 is 1.74 bits per heavy atom. The third kappa shape index (κ3) is 4.95. The van der Waals surface area contributed by atoms with Crippen molar-refractivity contribution in [1.29, 1.82) is 0 Å². The van der Waals surface area contributed by atoms with Gasteiger partial charge in [0.1, 0.15) is 0 Å². The zero-order valence-electron chi connectivity index (χ0n) is 18.8. The van der Waals surface area contributed by atoms with Crippen molar-refractivity contribution in [2.45, 2.75) is 18.8 Å². The molecule has 34 heavy (non-hydrogen) atoms. The third-order valence-electron chi connectivity index (χ3n) is 6.63. The monoisotopic (exact) mass is 494 g/mol. The average molecular weight is 495 g/mol. The van der Waals surface area contributed by atoms with Crippen LogP contribution in [0.4, 0.5) is 5.69 Å². The number of aromatic nitrogens is 1. The normalized spacial score (nSPS) is 20.5. The number of para-hydroxylation sites is 1. The van der Waals surface area contributed by atoms with Gasteiger partial charge in [-0.15, -0.1) is 11.3 Å². The summed E-state index contributed by atoms with van der Waals surface area (Å²) in [5.74, 6) is -0.269. The van der Waals surface area contributed by atoms with Gasteiger partial charge in [-0.1, -0.05) is 35.9 Å². The van der Waals surface area contributed by atoms with E-state index in [4.69, 9.17) is 16.6 Å². The molecule has 0 saturated carbocycles. The molecule has 2 heterocycles. The molecule has 2 aliphatic rings. The molecule has 0 radical (unpaired) electrons. The molecule has 2 atom stereocenters. The van der Waals surface area contributed by atoms with Gasteiger partial charge < -0.3 is 15.1 Å². The fraction of sp³-hybridized carbons (Fsp3) is 0.346. The highest BCUT2D eigenvalue weighted by molar-refractivity contribution is 7.18. The zero-order chi connectivity index (χ0) is 23.5. The second-order valence-corrected chi connectivity index (χ2v) is 10.2. The Labute approximate surface area is 208 Å². The first-order chi connectivity index (χ1) is 16.6. The molecule has 8 heteroatoms. The van der Waals surface area contributed by atoms with Crippen LogP contribution in [0.5, 0.6) is 0 Å². The summed E-state index contributed by atoms with van der Waals surface area (Å²) >= 11 is 7.64. The standard InChI is InChI=1S/C26H27ClN4O2S/c27-18-9-11-19(12-10-18)30-13-15-31(16-14-30)24(32)17-28-25(33)20-5-1-2-6-21(20)26-29-22-7-3-4-8-23(22)34-26/h1-4,7-12,20-21H,5-6,13-17H2,(H,28,33). The maximum absolute atomic E-state index is 13.1. The summed E-state index contributed by atoms with van der Waals surface area (Å²) in [7, 11) is 0. The van der Waals surface area contributed by atoms with Crippen LogP contribution >= 0.6 is 22.9 Å². The molecule has 6 nitrogen and oxygen atoms in total. The van der Waals surface area contributed by atoms with E-state index in [0.717, 1.165) is 40.4 Å². The molecular formula is C26H27ClN4O2S. The lowest BCUT2D eigenvalue weighted by atomic mass is 9.82. The van der Waals surface area contributed by atoms with Crippen LogP contribution in [0, 0.1) is 5.92 Å². The zero-order valence-corrected chi connectivity index (χ0v) is 20.4. The Morgan fingerprint density at radius 3 is 2.50 bits per heavy atom. The van der Waals surface area contributed by atoms with Gasteiger partial charge in [0.15, 0.2) is 0 Å². The van der Waals surface area contributed by atoms with Crippen molar-refractivity contribution in [2.24, 2.45) is 5.92 Å². The molecule has 0 bridgehead atoms. The van der Waals surface area contributed by atoms with Crippen molar-refractivity contribution in [3.05, 3.63) is 70.7 Å². The van der Waals surface area contributed by atoms with E-state index in [2.05, 4.69) is 28.4 Å². The number of fused-ring (bicyclic) bond motifs is 1. The van der Waals surface area contributed by atoms with Gasteiger partial charge in [0.25, 0.3) is 0 Å². The Balaban J connectivity index is 1.16. The van der Waals surface area contributed by atoms with E-state index < -0.39 is 0 Å². The number of nitrogens with zero attached hydrogens (tertiary/aromatic N) is 3. The van der Waals surface area contributed by atoms with E-state index in [1.165, 1.54) is 0 Å². The fourth-order valence-electron chi connectivity index (χ4n) is 4.70. The van der Waals surface area contributed by atoms with Gasteiger partial charge in [-0.05, 0) is 49.2 Å². The van der Waals surface area contributed by atoms with Crippen LogP contribution in [-0.4, -0.2) is 54.4 Å². The van der Waals surface area contributed by atoms with E-state index in [1.807, 2.05) is 47.4 Å². The summed E-state index contributed by atoms with van der Waals surface area (Å²) in [5, 5.41) is 4.63. The van der Waals surface area contributed by atoms with Gasteiger partial charge in [0, 0.05) is 42.8 Å². The molecule has 0 spiro atoms. The van der Waals surface area contributed by atoms with Crippen molar-refractivity contribution >= 4 is 50.7 Å². The van der Waals surface area contributed by atoms with Crippen molar-refractivity contribution < 1.29 is 9.59 Å². The maximum Gasteiger partial charge on any atom is 0.242 e. The molecule has 2 aromatic carbocycles. The minimum atomic E-state index is -0.208. The van der Waals surface area contributed by atoms with Crippen LogP contribution in [0.1, 0.15) is 23.8 Å². The maximum atomic E-state index is 13.1. The molecule has 2 amide bonds. The number of benzene rings is 2. The van der Waals surface area contributed by atoms with Crippen LogP contribution in [0.15, 0.2) is 60.7 Å². The average Bonchev–Trinajstić information content (AvgIpc) is 3.32. The Morgan fingerprint density at radius 1 is 1.00 bits per heavy atom. The van der Waals surface area contributed by atoms with Crippen molar-refractivity contribution in [3.63, 3.8) is 0 Å². The first kappa shape index (κ1) is 22.9. The predicted molar refractivity (Wildman–Crippen MR) is 137 cm³/mol. The number of halogens is 1. The van der Waals surface area contributed by atoms with E-state index in [9.17, 15) is 9.59 Å². The topological polar surface area (TPSA) is 65.5 Å². The van der Waals surface area contributed by atoms with Crippen LogP contribution in [-0.2, 0) is 9.59 Å². The lowest BCUT2D eigenvalue weighted by Crippen LogP contribution is -2.51. The van der Waals surface area contributed by atoms with Crippen LogP contribution in [0.25, 0.3) is 10.2 Å². The van der Waals surface area contributed by atoms with E-state index >= 15 is 0 Å². The number of hydrogen-bond donors (Lipinski definition) is 1. The molecule has 1 aliphatic heterocycles. The second kappa shape index (κ2) is 10.2. The minimum absolute atomic E-state index is 0.0343. The van der Waals surface area contributed by atoms with Crippen molar-refractivity contribution in [1.82, 2.24) is 15.2 Å². The number of rotatable bonds is 5. The summed E-state index contributed by atoms with van der Waals surface area (Å²) in [4.78, 5) is 34.8. The Hall–Kier alpha value is -2.90. The number of nitrogens with one attached hydrogen (secondary N) is 1. The predicted octanol–water partition coefficient (Wildman–Crippen LogP) is 4.46. The highest BCUT2D eigenvalue weighted by Gasteiger charge is 2.33. The first-order valence-corrected chi connectivity index (χ1v) is 12.8. The number of carbonyl (C=O) groups excluding carboxylic acids is 2. The van der Waals surface area contributed by atoms with E-state index in [1.54, 1.807) is 11.3 Å². The SMILES string of the molecule is O=C(NCC(=O)N1CCN(c2ccc(Cl)cc2)CC1)C1CC=CCC1c1nc2ccccc2s1.